The summed E-state index contributed by atoms with van der Waals surface area (Å²) in [5.41, 5.74) is 2.71. The minimum absolute atomic E-state index is 0.0270. The van der Waals surface area contributed by atoms with E-state index in [0.717, 1.165) is 23.7 Å². The molecule has 0 saturated heterocycles. The maximum absolute atomic E-state index is 12.5. The maximum atomic E-state index is 12.5. The second-order valence-electron chi connectivity index (χ2n) is 6.63. The third kappa shape index (κ3) is 2.59. The lowest BCUT2D eigenvalue weighted by Gasteiger charge is -2.41. The Kier molecular flexibility index (Phi) is 3.61. The number of aromatic nitrogens is 3. The van der Waals surface area contributed by atoms with Gasteiger partial charge in [0, 0.05) is 41.1 Å². The van der Waals surface area contributed by atoms with Crippen LogP contribution in [0, 0.1) is 0 Å². The van der Waals surface area contributed by atoms with Crippen LogP contribution in [0.2, 0.25) is 5.02 Å². The quantitative estimate of drug-likeness (QED) is 0.763. The third-order valence-corrected chi connectivity index (χ3v) is 5.28. The molecule has 0 spiro atoms. The van der Waals surface area contributed by atoms with Gasteiger partial charge in [0.1, 0.15) is 5.69 Å². The van der Waals surface area contributed by atoms with Gasteiger partial charge >= 0.3 is 0 Å². The molecule has 2 aromatic heterocycles. The first-order valence-electron chi connectivity index (χ1n) is 8.11. The van der Waals surface area contributed by atoms with Crippen molar-refractivity contribution in [2.24, 2.45) is 7.05 Å². The van der Waals surface area contributed by atoms with Gasteiger partial charge < -0.3 is 10.3 Å². The van der Waals surface area contributed by atoms with Crippen molar-refractivity contribution in [3.05, 3.63) is 52.9 Å². The lowest BCUT2D eigenvalue weighted by Crippen LogP contribution is -2.45. The Morgan fingerprint density at radius 3 is 2.92 bits per heavy atom. The number of benzene rings is 1. The normalized spacial score (nSPS) is 16.1. The van der Waals surface area contributed by atoms with Crippen LogP contribution in [0.1, 0.15) is 35.3 Å². The van der Waals surface area contributed by atoms with Crippen LogP contribution < -0.4 is 5.32 Å². The zero-order chi connectivity index (χ0) is 16.7. The number of rotatable bonds is 4. The van der Waals surface area contributed by atoms with E-state index in [1.165, 1.54) is 12.0 Å². The first kappa shape index (κ1) is 15.3. The highest BCUT2D eigenvalue weighted by Crippen LogP contribution is 2.43. The summed E-state index contributed by atoms with van der Waals surface area (Å²) in [6, 6.07) is 7.40. The van der Waals surface area contributed by atoms with Crippen molar-refractivity contribution < 1.29 is 4.79 Å². The number of nitrogens with one attached hydrogen (secondary N) is 2. The van der Waals surface area contributed by atoms with Crippen molar-refractivity contribution in [2.45, 2.75) is 24.7 Å². The lowest BCUT2D eigenvalue weighted by atomic mass is 9.65. The Balaban J connectivity index is 1.51. The predicted molar refractivity (Wildman–Crippen MR) is 94.4 cm³/mol. The zero-order valence-corrected chi connectivity index (χ0v) is 14.2. The number of nitrogens with zero attached hydrogens (tertiary/aromatic N) is 2. The first-order valence-corrected chi connectivity index (χ1v) is 8.49. The van der Waals surface area contributed by atoms with E-state index in [2.05, 4.69) is 21.6 Å². The van der Waals surface area contributed by atoms with Crippen LogP contribution >= 0.6 is 11.6 Å². The number of hydrogen-bond donors (Lipinski definition) is 2. The van der Waals surface area contributed by atoms with E-state index in [9.17, 15) is 4.79 Å². The Morgan fingerprint density at radius 1 is 1.42 bits per heavy atom. The predicted octanol–water partition coefficient (Wildman–Crippen LogP) is 3.41. The van der Waals surface area contributed by atoms with Gasteiger partial charge in [0.05, 0.1) is 6.20 Å². The number of fused-ring (bicyclic) bond motifs is 1. The van der Waals surface area contributed by atoms with Crippen molar-refractivity contribution in [1.29, 1.82) is 0 Å². The van der Waals surface area contributed by atoms with Crippen LogP contribution in [0.15, 0.2) is 36.7 Å². The van der Waals surface area contributed by atoms with E-state index in [1.807, 2.05) is 42.2 Å². The van der Waals surface area contributed by atoms with E-state index in [0.29, 0.717) is 17.3 Å². The van der Waals surface area contributed by atoms with Gasteiger partial charge in [0.15, 0.2) is 0 Å². The van der Waals surface area contributed by atoms with Gasteiger partial charge in [-0.3, -0.25) is 9.48 Å². The van der Waals surface area contributed by atoms with Gasteiger partial charge in [-0.15, -0.1) is 0 Å². The van der Waals surface area contributed by atoms with E-state index in [-0.39, 0.29) is 11.3 Å². The zero-order valence-electron chi connectivity index (χ0n) is 13.5. The smallest absolute Gasteiger partial charge is 0.267 e. The molecular formula is C18H19ClN4O. The minimum Gasteiger partial charge on any atom is -0.351 e. The lowest BCUT2D eigenvalue weighted by molar-refractivity contribution is 0.0923. The summed E-state index contributed by atoms with van der Waals surface area (Å²) in [4.78, 5) is 15.7. The number of hydrogen-bond acceptors (Lipinski definition) is 2. The summed E-state index contributed by atoms with van der Waals surface area (Å²) in [5.74, 6) is -0.0857. The average molecular weight is 343 g/mol. The van der Waals surface area contributed by atoms with Gasteiger partial charge in [-0.1, -0.05) is 18.0 Å². The number of H-pyrrole nitrogens is 1. The van der Waals surface area contributed by atoms with E-state index >= 15 is 0 Å². The number of aromatic amines is 1. The van der Waals surface area contributed by atoms with Crippen LogP contribution in [0.3, 0.4) is 0 Å². The van der Waals surface area contributed by atoms with Gasteiger partial charge in [0.25, 0.3) is 5.91 Å². The van der Waals surface area contributed by atoms with Crippen molar-refractivity contribution in [1.82, 2.24) is 20.1 Å². The molecule has 1 amide bonds. The molecule has 1 aliphatic rings. The highest BCUT2D eigenvalue weighted by molar-refractivity contribution is 6.31. The molecule has 6 heteroatoms. The fraction of sp³-hybridized carbons (Fsp3) is 0.333. The van der Waals surface area contributed by atoms with Crippen LogP contribution in [0.5, 0.6) is 0 Å². The van der Waals surface area contributed by atoms with Crippen LogP contribution in [-0.2, 0) is 12.5 Å². The Hall–Kier alpha value is -2.27. The Morgan fingerprint density at radius 2 is 2.25 bits per heavy atom. The summed E-state index contributed by atoms with van der Waals surface area (Å²) in [5, 5.41) is 8.97. The number of carbonyl (C=O) groups is 1. The standard InChI is InChI=1S/C18H19ClN4O/c1-23-10-13(9-21-23)18(5-2-6-18)11-20-17(24)16-8-12-7-14(19)3-4-15(12)22-16/h3-4,7-10,22H,2,5-6,11H2,1H3,(H,20,24). The molecule has 0 bridgehead atoms. The molecule has 0 aliphatic heterocycles. The van der Waals surface area contributed by atoms with Crippen LogP contribution in [-0.4, -0.2) is 27.2 Å². The fourth-order valence-electron chi connectivity index (χ4n) is 3.44. The molecule has 5 nitrogen and oxygen atoms in total. The molecule has 0 unspecified atom stereocenters. The van der Waals surface area contributed by atoms with E-state index in [4.69, 9.17) is 11.6 Å². The van der Waals surface area contributed by atoms with Gasteiger partial charge in [-0.25, -0.2) is 0 Å². The van der Waals surface area contributed by atoms with Crippen molar-refractivity contribution in [2.75, 3.05) is 6.54 Å². The van der Waals surface area contributed by atoms with Crippen molar-refractivity contribution in [3.8, 4) is 0 Å². The second kappa shape index (κ2) is 5.67. The Labute approximate surface area is 145 Å². The third-order valence-electron chi connectivity index (χ3n) is 5.04. The van der Waals surface area contributed by atoms with Gasteiger partial charge in [-0.05, 0) is 42.7 Å². The number of amides is 1. The average Bonchev–Trinajstić information content (AvgIpc) is 3.12. The number of halogens is 1. The number of carbonyl (C=O) groups excluding carboxylic acids is 1. The first-order chi connectivity index (χ1) is 11.6. The van der Waals surface area contributed by atoms with E-state index < -0.39 is 0 Å². The van der Waals surface area contributed by atoms with Crippen LogP contribution in [0.25, 0.3) is 10.9 Å². The molecule has 2 heterocycles. The molecule has 2 N–H and O–H groups in total. The molecule has 1 saturated carbocycles. The Bertz CT molecular complexity index is 907. The highest BCUT2D eigenvalue weighted by Gasteiger charge is 2.39. The molecule has 0 radical (unpaired) electrons. The monoisotopic (exact) mass is 342 g/mol. The van der Waals surface area contributed by atoms with Crippen LogP contribution in [0.4, 0.5) is 0 Å². The summed E-state index contributed by atoms with van der Waals surface area (Å²) >= 11 is 6.00. The molecule has 3 aromatic rings. The topological polar surface area (TPSA) is 62.7 Å². The minimum atomic E-state index is -0.0857. The SMILES string of the molecule is Cn1cc(C2(CNC(=O)c3cc4cc(Cl)ccc4[nH]3)CCC2)cn1. The number of aryl methyl sites for hydroxylation is 1. The van der Waals surface area contributed by atoms with Crippen molar-refractivity contribution in [3.63, 3.8) is 0 Å². The molecule has 0 atom stereocenters. The molecule has 1 aliphatic carbocycles. The summed E-state index contributed by atoms with van der Waals surface area (Å²) in [6.45, 7) is 0.633. The second-order valence-corrected chi connectivity index (χ2v) is 7.07. The molecule has 24 heavy (non-hydrogen) atoms. The molecule has 4 rings (SSSR count). The van der Waals surface area contributed by atoms with Crippen molar-refractivity contribution >= 4 is 28.4 Å². The molecular weight excluding hydrogens is 324 g/mol. The largest absolute Gasteiger partial charge is 0.351 e. The highest BCUT2D eigenvalue weighted by atomic mass is 35.5. The van der Waals surface area contributed by atoms with Gasteiger partial charge in [0.2, 0.25) is 0 Å². The van der Waals surface area contributed by atoms with Gasteiger partial charge in [-0.2, -0.15) is 5.10 Å². The maximum Gasteiger partial charge on any atom is 0.267 e. The fourth-order valence-corrected chi connectivity index (χ4v) is 3.62. The molecule has 124 valence electrons. The molecule has 1 fully saturated rings. The summed E-state index contributed by atoms with van der Waals surface area (Å²) in [7, 11) is 1.92. The summed E-state index contributed by atoms with van der Waals surface area (Å²) in [6.07, 6.45) is 7.32. The summed E-state index contributed by atoms with van der Waals surface area (Å²) < 4.78 is 1.82. The van der Waals surface area contributed by atoms with E-state index in [1.54, 1.807) is 0 Å². The molecule has 1 aromatic carbocycles.